The molecule has 160 valence electrons. The van der Waals surface area contributed by atoms with E-state index in [2.05, 4.69) is 5.32 Å². The molecule has 1 heterocycles. The number of rotatable bonds is 7. The highest BCUT2D eigenvalue weighted by atomic mass is 32.2. The van der Waals surface area contributed by atoms with Crippen molar-refractivity contribution in [2.75, 3.05) is 19.0 Å². The Kier molecular flexibility index (Phi) is 6.90. The maximum Gasteiger partial charge on any atom is 0.230 e. The second-order valence-corrected chi connectivity index (χ2v) is 9.93. The number of nitrogens with one attached hydrogen (secondary N) is 1. The normalized spacial score (nSPS) is 12.2. The first-order valence-electron chi connectivity index (χ1n) is 9.42. The zero-order valence-corrected chi connectivity index (χ0v) is 18.6. The number of hydrogen-bond acceptors (Lipinski definition) is 4. The molecule has 1 aromatic carbocycles. The van der Waals surface area contributed by atoms with Crippen LogP contribution in [0.4, 0.5) is 10.2 Å². The lowest BCUT2D eigenvalue weighted by atomic mass is 9.96. The maximum absolute atomic E-state index is 13.4. The lowest BCUT2D eigenvalue weighted by Gasteiger charge is -2.20. The van der Waals surface area contributed by atoms with E-state index in [-0.39, 0.29) is 21.5 Å². The summed E-state index contributed by atoms with van der Waals surface area (Å²) in [5.41, 5.74) is 0.585. The summed E-state index contributed by atoms with van der Waals surface area (Å²) in [7, 11) is -2.38. The third-order valence-corrected chi connectivity index (χ3v) is 6.74. The lowest BCUT2D eigenvalue weighted by Crippen LogP contribution is -2.29. The van der Waals surface area contributed by atoms with E-state index in [4.69, 9.17) is 4.74 Å². The van der Waals surface area contributed by atoms with E-state index in [1.807, 2.05) is 6.92 Å². The lowest BCUT2D eigenvalue weighted by molar-refractivity contribution is -0.123. The van der Waals surface area contributed by atoms with Crippen LogP contribution in [0.1, 0.15) is 38.4 Å². The summed E-state index contributed by atoms with van der Waals surface area (Å²) in [6.07, 6.45) is 0.653. The van der Waals surface area contributed by atoms with E-state index in [1.54, 1.807) is 39.4 Å². The van der Waals surface area contributed by atoms with Crippen molar-refractivity contribution in [1.29, 1.82) is 0 Å². The number of nitrogens with zero attached hydrogens (tertiary/aromatic N) is 1. The van der Waals surface area contributed by atoms with Gasteiger partial charge in [-0.2, -0.15) is 0 Å². The predicted molar refractivity (Wildman–Crippen MR) is 110 cm³/mol. The average molecular weight is 425 g/mol. The Labute approximate surface area is 172 Å². The first-order valence-corrected chi connectivity index (χ1v) is 10.9. The van der Waals surface area contributed by atoms with Crippen molar-refractivity contribution in [1.82, 2.24) is 4.57 Å². The molecule has 29 heavy (non-hydrogen) atoms. The van der Waals surface area contributed by atoms with Crippen LogP contribution in [0.2, 0.25) is 0 Å². The fourth-order valence-corrected chi connectivity index (χ4v) is 4.66. The van der Waals surface area contributed by atoms with Crippen molar-refractivity contribution in [2.45, 2.75) is 57.4 Å². The molecule has 8 heteroatoms. The van der Waals surface area contributed by atoms with Gasteiger partial charge in [-0.25, -0.2) is 12.8 Å². The summed E-state index contributed by atoms with van der Waals surface area (Å²) in [6.45, 7) is 9.80. The number of aromatic nitrogens is 1. The molecule has 0 aliphatic carbocycles. The van der Waals surface area contributed by atoms with Crippen molar-refractivity contribution in [3.63, 3.8) is 0 Å². The van der Waals surface area contributed by atoms with E-state index in [0.29, 0.717) is 25.1 Å². The Morgan fingerprint density at radius 3 is 2.28 bits per heavy atom. The molecule has 1 amide bonds. The van der Waals surface area contributed by atoms with E-state index < -0.39 is 21.1 Å². The minimum atomic E-state index is -3.97. The van der Waals surface area contributed by atoms with Crippen LogP contribution in [0.15, 0.2) is 34.1 Å². The zero-order chi connectivity index (χ0) is 22.0. The highest BCUT2D eigenvalue weighted by molar-refractivity contribution is 7.91. The van der Waals surface area contributed by atoms with Crippen molar-refractivity contribution < 1.29 is 22.3 Å². The monoisotopic (exact) mass is 424 g/mol. The van der Waals surface area contributed by atoms with Gasteiger partial charge in [0.15, 0.2) is 0 Å². The summed E-state index contributed by atoms with van der Waals surface area (Å²) in [5, 5.41) is 2.82. The largest absolute Gasteiger partial charge is 0.385 e. The molecular formula is C21H29FN2O4S. The van der Waals surface area contributed by atoms with Gasteiger partial charge in [0.1, 0.15) is 16.5 Å². The number of carbonyl (C=O) groups is 1. The highest BCUT2D eigenvalue weighted by Crippen LogP contribution is 2.36. The van der Waals surface area contributed by atoms with Gasteiger partial charge >= 0.3 is 0 Å². The Morgan fingerprint density at radius 1 is 1.17 bits per heavy atom. The molecule has 0 saturated heterocycles. The van der Waals surface area contributed by atoms with E-state index >= 15 is 0 Å². The van der Waals surface area contributed by atoms with Crippen molar-refractivity contribution in [2.24, 2.45) is 5.41 Å². The van der Waals surface area contributed by atoms with Crippen LogP contribution >= 0.6 is 0 Å². The van der Waals surface area contributed by atoms with Crippen molar-refractivity contribution >= 4 is 21.6 Å². The van der Waals surface area contributed by atoms with Gasteiger partial charge in [0, 0.05) is 31.4 Å². The molecule has 0 fully saturated rings. The van der Waals surface area contributed by atoms with E-state index in [0.717, 1.165) is 17.8 Å². The molecule has 1 N–H and O–H groups in total. The fourth-order valence-electron chi connectivity index (χ4n) is 2.96. The Morgan fingerprint density at radius 2 is 1.76 bits per heavy atom. The van der Waals surface area contributed by atoms with Crippen LogP contribution in [-0.4, -0.2) is 32.6 Å². The van der Waals surface area contributed by atoms with Gasteiger partial charge in [0.2, 0.25) is 15.7 Å². The molecule has 2 rings (SSSR count). The number of halogens is 1. The molecule has 0 spiro atoms. The molecular weight excluding hydrogens is 395 g/mol. The van der Waals surface area contributed by atoms with Crippen LogP contribution in [0.5, 0.6) is 0 Å². The smallest absolute Gasteiger partial charge is 0.230 e. The Bertz CT molecular complexity index is 987. The molecule has 0 bridgehead atoms. The maximum atomic E-state index is 13.4. The third kappa shape index (κ3) is 4.87. The molecule has 1 aromatic heterocycles. The minimum absolute atomic E-state index is 0.0256. The number of carbonyl (C=O) groups excluding carboxylic acids is 1. The van der Waals surface area contributed by atoms with Gasteiger partial charge in [-0.1, -0.05) is 20.8 Å². The zero-order valence-electron chi connectivity index (χ0n) is 17.8. The molecule has 0 atom stereocenters. The second kappa shape index (κ2) is 8.67. The van der Waals surface area contributed by atoms with Gasteiger partial charge in [0.25, 0.3) is 0 Å². The molecule has 6 nitrogen and oxygen atoms in total. The third-order valence-electron chi connectivity index (χ3n) is 4.81. The fraction of sp³-hybridized carbons (Fsp3) is 0.476. The van der Waals surface area contributed by atoms with Gasteiger partial charge in [0.05, 0.1) is 4.90 Å². The standard InChI is InChI=1S/C21H29FN2O4S/c1-14-15(2)24(12-7-13-28-6)19(23-20(25)21(3,4)5)18(14)29(26,27)17-10-8-16(22)9-11-17/h8-11H,7,12-13H2,1-6H3,(H,23,25). The first kappa shape index (κ1) is 23.1. The summed E-state index contributed by atoms with van der Waals surface area (Å²) in [5.74, 6) is -0.575. The molecule has 0 radical (unpaired) electrons. The summed E-state index contributed by atoms with van der Waals surface area (Å²) < 4.78 is 47.0. The average Bonchev–Trinajstić information content (AvgIpc) is 2.86. The summed E-state index contributed by atoms with van der Waals surface area (Å²) >= 11 is 0. The van der Waals surface area contributed by atoms with Gasteiger partial charge in [-0.3, -0.25) is 4.79 Å². The first-order chi connectivity index (χ1) is 13.4. The van der Waals surface area contributed by atoms with Crippen LogP contribution in [0.3, 0.4) is 0 Å². The number of sulfone groups is 1. The predicted octanol–water partition coefficient (Wildman–Crippen LogP) is 4.10. The second-order valence-electron chi connectivity index (χ2n) is 8.05. The number of methoxy groups -OCH3 is 1. The van der Waals surface area contributed by atoms with Crippen molar-refractivity contribution in [3.05, 3.63) is 41.3 Å². The number of benzene rings is 1. The minimum Gasteiger partial charge on any atom is -0.385 e. The molecule has 0 aliphatic heterocycles. The van der Waals surface area contributed by atoms with Gasteiger partial charge < -0.3 is 14.6 Å². The molecule has 0 unspecified atom stereocenters. The molecule has 2 aromatic rings. The van der Waals surface area contributed by atoms with Gasteiger partial charge in [-0.05, 0) is 50.1 Å². The van der Waals surface area contributed by atoms with Crippen molar-refractivity contribution in [3.8, 4) is 0 Å². The number of amides is 1. The van der Waals surface area contributed by atoms with Gasteiger partial charge in [-0.15, -0.1) is 0 Å². The summed E-state index contributed by atoms with van der Waals surface area (Å²) in [6, 6.07) is 4.68. The number of anilines is 1. The Hall–Kier alpha value is -2.19. The van der Waals surface area contributed by atoms with Crippen LogP contribution in [-0.2, 0) is 25.9 Å². The molecule has 0 saturated carbocycles. The number of hydrogen-bond donors (Lipinski definition) is 1. The van der Waals surface area contributed by atoms with E-state index in [1.165, 1.54) is 12.1 Å². The van der Waals surface area contributed by atoms with Crippen LogP contribution in [0, 0.1) is 25.1 Å². The SMILES string of the molecule is COCCCn1c(C)c(C)c(S(=O)(=O)c2ccc(F)cc2)c1NC(=O)C(C)(C)C. The Balaban J connectivity index is 2.67. The molecule has 0 aliphatic rings. The van der Waals surface area contributed by atoms with Crippen LogP contribution in [0.25, 0.3) is 0 Å². The quantitative estimate of drug-likeness (QED) is 0.536. The topological polar surface area (TPSA) is 77.4 Å². The van der Waals surface area contributed by atoms with E-state index in [9.17, 15) is 17.6 Å². The van der Waals surface area contributed by atoms with Crippen LogP contribution < -0.4 is 5.32 Å². The number of ether oxygens (including phenoxy) is 1. The summed E-state index contributed by atoms with van der Waals surface area (Å²) in [4.78, 5) is 12.7. The highest BCUT2D eigenvalue weighted by Gasteiger charge is 2.32.